The van der Waals surface area contributed by atoms with Crippen molar-refractivity contribution in [3.8, 4) is 16.3 Å². The summed E-state index contributed by atoms with van der Waals surface area (Å²) in [7, 11) is 0. The van der Waals surface area contributed by atoms with Gasteiger partial charge < -0.3 is 10.1 Å². The van der Waals surface area contributed by atoms with E-state index < -0.39 is 17.6 Å². The number of nitrogens with one attached hydrogen (secondary N) is 2. The number of rotatable bonds is 8. The van der Waals surface area contributed by atoms with E-state index in [2.05, 4.69) is 35.6 Å². The minimum atomic E-state index is -4.70. The molecule has 1 amide bonds. The number of halogens is 3. The molecule has 40 heavy (non-hydrogen) atoms. The van der Waals surface area contributed by atoms with Crippen molar-refractivity contribution in [1.29, 1.82) is 0 Å². The third-order valence-corrected chi connectivity index (χ3v) is 7.53. The molecule has 0 bridgehead atoms. The summed E-state index contributed by atoms with van der Waals surface area (Å²) >= 11 is 1.23. The standard InChI is InChI=1S/C27H24F3N7O2S/c28-27(29,30)24-22(39-19-1-2-19)4-3-20(23(24)16-7-11-37(12-8-16)14-18-6-10-32-36-18)34-25(38)21-15-40-26(35-21)17-5-9-31-33-13-17/h3-7,9-10,13,15,19H,1-2,8,11-12,14H2,(H,32,36)(H,34,38). The molecule has 0 radical (unpaired) electrons. The largest absolute Gasteiger partial charge is 0.490 e. The number of amides is 1. The predicted octanol–water partition coefficient (Wildman–Crippen LogP) is 5.42. The Balaban J connectivity index is 1.33. The lowest BCUT2D eigenvalue weighted by Crippen LogP contribution is -2.29. The molecule has 0 atom stereocenters. The number of thiazole rings is 1. The second-order valence-electron chi connectivity index (χ2n) is 9.58. The van der Waals surface area contributed by atoms with Crippen LogP contribution in [0.3, 0.4) is 0 Å². The lowest BCUT2D eigenvalue weighted by molar-refractivity contribution is -0.139. The molecule has 4 aromatic rings. The minimum Gasteiger partial charge on any atom is -0.490 e. The van der Waals surface area contributed by atoms with Gasteiger partial charge in [-0.05, 0) is 49.1 Å². The Bertz CT molecular complexity index is 1530. The van der Waals surface area contributed by atoms with Crippen molar-refractivity contribution < 1.29 is 22.7 Å². The molecule has 1 aliphatic carbocycles. The van der Waals surface area contributed by atoms with Crippen molar-refractivity contribution in [1.82, 2.24) is 30.3 Å². The van der Waals surface area contributed by atoms with E-state index in [-0.39, 0.29) is 28.8 Å². The van der Waals surface area contributed by atoms with E-state index in [1.807, 2.05) is 6.07 Å². The van der Waals surface area contributed by atoms with Crippen LogP contribution in [0, 0.1) is 0 Å². The SMILES string of the molecule is O=C(Nc1ccc(OC2CC2)c(C(F)(F)F)c1C1=CCN(Cc2cc[nH]n2)CC1)c1csc(-c2ccnnc2)n1. The topological polar surface area (TPSA) is 109 Å². The highest BCUT2D eigenvalue weighted by Gasteiger charge is 2.41. The average molecular weight is 568 g/mol. The molecule has 3 aromatic heterocycles. The highest BCUT2D eigenvalue weighted by atomic mass is 32.1. The number of alkyl halides is 3. The van der Waals surface area contributed by atoms with Gasteiger partial charge in [-0.25, -0.2) is 4.98 Å². The Hall–Kier alpha value is -4.10. The van der Waals surface area contributed by atoms with Gasteiger partial charge in [0.25, 0.3) is 5.91 Å². The first-order chi connectivity index (χ1) is 19.3. The number of nitrogens with zero attached hydrogens (tertiary/aromatic N) is 5. The number of hydrogen-bond acceptors (Lipinski definition) is 8. The van der Waals surface area contributed by atoms with Crippen molar-refractivity contribution in [3.05, 3.63) is 76.8 Å². The average Bonchev–Trinajstić information content (AvgIpc) is 3.38. The number of carbonyl (C=O) groups is 1. The smallest absolute Gasteiger partial charge is 0.420 e. The minimum absolute atomic E-state index is 0.0626. The van der Waals surface area contributed by atoms with Crippen LogP contribution in [-0.4, -0.2) is 55.4 Å². The maximum atomic E-state index is 14.6. The number of ether oxygens (including phenoxy) is 1. The molecule has 1 aromatic carbocycles. The summed E-state index contributed by atoms with van der Waals surface area (Å²) in [6.07, 6.45) is 3.43. The number of H-pyrrole nitrogens is 1. The Kier molecular flexibility index (Phi) is 7.07. The monoisotopic (exact) mass is 567 g/mol. The van der Waals surface area contributed by atoms with Gasteiger partial charge >= 0.3 is 6.18 Å². The van der Waals surface area contributed by atoms with Crippen molar-refractivity contribution >= 4 is 28.5 Å². The zero-order chi connectivity index (χ0) is 27.7. The third kappa shape index (κ3) is 5.75. The van der Waals surface area contributed by atoms with E-state index in [1.54, 1.807) is 23.7 Å². The van der Waals surface area contributed by atoms with Crippen LogP contribution in [0.4, 0.5) is 18.9 Å². The van der Waals surface area contributed by atoms with Gasteiger partial charge in [-0.15, -0.1) is 11.3 Å². The fourth-order valence-corrected chi connectivity index (χ4v) is 5.36. The second-order valence-corrected chi connectivity index (χ2v) is 10.4. The van der Waals surface area contributed by atoms with Crippen LogP contribution in [0.25, 0.3) is 16.1 Å². The summed E-state index contributed by atoms with van der Waals surface area (Å²) in [4.78, 5) is 19.7. The molecular weight excluding hydrogens is 543 g/mol. The maximum absolute atomic E-state index is 14.6. The Labute approximate surface area is 231 Å². The Morgan fingerprint density at radius 2 is 2.08 bits per heavy atom. The van der Waals surface area contributed by atoms with Gasteiger partial charge in [0.05, 0.1) is 24.2 Å². The van der Waals surface area contributed by atoms with Crippen LogP contribution in [0.1, 0.15) is 46.6 Å². The van der Waals surface area contributed by atoms with Crippen LogP contribution in [0.15, 0.2) is 54.3 Å². The molecule has 2 N–H and O–H groups in total. The zero-order valence-corrected chi connectivity index (χ0v) is 21.9. The molecule has 6 rings (SSSR count). The molecule has 4 heterocycles. The molecule has 13 heteroatoms. The van der Waals surface area contributed by atoms with Crippen LogP contribution in [0.5, 0.6) is 5.75 Å². The second kappa shape index (κ2) is 10.8. The highest BCUT2D eigenvalue weighted by Crippen LogP contribution is 2.47. The molecule has 2 aliphatic rings. The van der Waals surface area contributed by atoms with Crippen molar-refractivity contribution in [2.75, 3.05) is 18.4 Å². The number of aromatic nitrogens is 5. The van der Waals surface area contributed by atoms with Gasteiger partial charge in [0.15, 0.2) is 0 Å². The zero-order valence-electron chi connectivity index (χ0n) is 21.1. The molecule has 206 valence electrons. The quantitative estimate of drug-likeness (QED) is 0.293. The lowest BCUT2D eigenvalue weighted by Gasteiger charge is -2.28. The predicted molar refractivity (Wildman–Crippen MR) is 143 cm³/mol. The van der Waals surface area contributed by atoms with Gasteiger partial charge in [0.1, 0.15) is 22.0 Å². The van der Waals surface area contributed by atoms with Crippen LogP contribution in [0.2, 0.25) is 0 Å². The van der Waals surface area contributed by atoms with E-state index in [0.717, 1.165) is 18.5 Å². The number of benzene rings is 1. The van der Waals surface area contributed by atoms with Gasteiger partial charge in [-0.2, -0.15) is 28.5 Å². The summed E-state index contributed by atoms with van der Waals surface area (Å²) < 4.78 is 49.6. The first-order valence-corrected chi connectivity index (χ1v) is 13.6. The molecule has 1 saturated carbocycles. The summed E-state index contributed by atoms with van der Waals surface area (Å²) in [5, 5.41) is 19.3. The third-order valence-electron chi connectivity index (χ3n) is 6.64. The summed E-state index contributed by atoms with van der Waals surface area (Å²) in [5.74, 6) is -0.824. The van der Waals surface area contributed by atoms with Crippen molar-refractivity contribution in [2.24, 2.45) is 0 Å². The van der Waals surface area contributed by atoms with Gasteiger partial charge in [-0.1, -0.05) is 6.08 Å². The fourth-order valence-electron chi connectivity index (χ4n) is 4.57. The number of anilines is 1. The normalized spacial score (nSPS) is 16.0. The van der Waals surface area contributed by atoms with Crippen molar-refractivity contribution in [2.45, 2.75) is 38.1 Å². The first-order valence-electron chi connectivity index (χ1n) is 12.7. The number of carbonyl (C=O) groups excluding carboxylic acids is 1. The fraction of sp³-hybridized carbons (Fsp3) is 0.296. The Morgan fingerprint density at radius 1 is 1.20 bits per heavy atom. The van der Waals surface area contributed by atoms with Crippen LogP contribution in [-0.2, 0) is 12.7 Å². The van der Waals surface area contributed by atoms with E-state index >= 15 is 0 Å². The molecule has 0 saturated heterocycles. The van der Waals surface area contributed by atoms with E-state index in [0.29, 0.717) is 42.2 Å². The van der Waals surface area contributed by atoms with Crippen molar-refractivity contribution in [3.63, 3.8) is 0 Å². The summed E-state index contributed by atoms with van der Waals surface area (Å²) in [6.45, 7) is 1.55. The first kappa shape index (κ1) is 26.1. The highest BCUT2D eigenvalue weighted by molar-refractivity contribution is 7.13. The van der Waals surface area contributed by atoms with Gasteiger partial charge in [0.2, 0.25) is 0 Å². The van der Waals surface area contributed by atoms with Crippen LogP contribution < -0.4 is 10.1 Å². The van der Waals surface area contributed by atoms with Gasteiger partial charge in [0, 0.05) is 48.0 Å². The number of hydrogen-bond donors (Lipinski definition) is 2. The molecule has 0 unspecified atom stereocenters. The molecule has 0 spiro atoms. The molecular formula is C27H24F3N7O2S. The Morgan fingerprint density at radius 3 is 2.75 bits per heavy atom. The summed E-state index contributed by atoms with van der Waals surface area (Å²) in [6, 6.07) is 6.35. The molecule has 9 nitrogen and oxygen atoms in total. The van der Waals surface area contributed by atoms with Crippen LogP contribution >= 0.6 is 11.3 Å². The maximum Gasteiger partial charge on any atom is 0.420 e. The van der Waals surface area contributed by atoms with E-state index in [4.69, 9.17) is 4.74 Å². The molecule has 1 fully saturated rings. The van der Waals surface area contributed by atoms with Gasteiger partial charge in [-0.3, -0.25) is 14.8 Å². The molecule has 1 aliphatic heterocycles. The summed E-state index contributed by atoms with van der Waals surface area (Å²) in [5.41, 5.74) is 1.27. The number of aromatic amines is 1. The lowest BCUT2D eigenvalue weighted by atomic mass is 9.91. The van der Waals surface area contributed by atoms with E-state index in [1.165, 1.54) is 35.9 Å². The van der Waals surface area contributed by atoms with E-state index in [9.17, 15) is 18.0 Å².